The van der Waals surface area contributed by atoms with Gasteiger partial charge in [-0.25, -0.2) is 8.42 Å². The van der Waals surface area contributed by atoms with E-state index < -0.39 is 10.0 Å². The predicted molar refractivity (Wildman–Crippen MR) is 134 cm³/mol. The zero-order chi connectivity index (χ0) is 24.2. The highest BCUT2D eigenvalue weighted by Gasteiger charge is 2.29. The number of nitrogens with zero attached hydrogens (tertiary/aromatic N) is 1. The highest BCUT2D eigenvalue weighted by atomic mass is 35.5. The molecule has 0 saturated carbocycles. The predicted octanol–water partition coefficient (Wildman–Crippen LogP) is 5.73. The van der Waals surface area contributed by atoms with Crippen LogP contribution in [0.5, 0.6) is 0 Å². The average molecular weight is 485 g/mol. The molecule has 7 heteroatoms. The van der Waals surface area contributed by atoms with E-state index in [1.54, 1.807) is 12.1 Å². The summed E-state index contributed by atoms with van der Waals surface area (Å²) < 4.78 is 28.2. The lowest BCUT2D eigenvalue weighted by molar-refractivity contribution is -0.120. The van der Waals surface area contributed by atoms with Crippen LogP contribution in [-0.4, -0.2) is 20.9 Å². The van der Waals surface area contributed by atoms with E-state index in [2.05, 4.69) is 11.4 Å². The van der Waals surface area contributed by atoms with Gasteiger partial charge in [0.05, 0.1) is 16.6 Å². The van der Waals surface area contributed by atoms with Crippen LogP contribution in [0.1, 0.15) is 41.6 Å². The van der Waals surface area contributed by atoms with E-state index in [0.717, 1.165) is 21.0 Å². The number of aryl methyl sites for hydroxylation is 3. The van der Waals surface area contributed by atoms with Gasteiger partial charge in [0.25, 0.3) is 10.0 Å². The molecule has 1 atom stereocenters. The Morgan fingerprint density at radius 1 is 0.939 bits per heavy atom. The van der Waals surface area contributed by atoms with Crippen LogP contribution < -0.4 is 9.62 Å². The topological polar surface area (TPSA) is 66.5 Å². The normalized spacial score (nSPS) is 12.3. The van der Waals surface area contributed by atoms with Crippen molar-refractivity contribution >= 4 is 33.2 Å². The van der Waals surface area contributed by atoms with Gasteiger partial charge >= 0.3 is 0 Å². The summed E-state index contributed by atoms with van der Waals surface area (Å²) in [6, 6.07) is 18.9. The van der Waals surface area contributed by atoms with Crippen LogP contribution in [0, 0.1) is 20.8 Å². The Hall–Kier alpha value is -2.83. The minimum absolute atomic E-state index is 0.0733. The summed E-state index contributed by atoms with van der Waals surface area (Å²) in [4.78, 5) is 13.2. The van der Waals surface area contributed by atoms with Gasteiger partial charge in [-0.05, 0) is 79.8 Å². The Labute approximate surface area is 201 Å². The molecule has 1 amide bonds. The highest BCUT2D eigenvalue weighted by molar-refractivity contribution is 7.92. The summed E-state index contributed by atoms with van der Waals surface area (Å²) in [5, 5.41) is 3.45. The third-order valence-electron chi connectivity index (χ3n) is 5.75. The first-order valence-corrected chi connectivity index (χ1v) is 12.7. The zero-order valence-electron chi connectivity index (χ0n) is 19.3. The molecule has 174 valence electrons. The maximum Gasteiger partial charge on any atom is 0.264 e. The van der Waals surface area contributed by atoms with Crippen LogP contribution in [0.15, 0.2) is 71.6 Å². The van der Waals surface area contributed by atoms with Crippen molar-refractivity contribution in [2.45, 2.75) is 45.1 Å². The molecule has 0 aliphatic rings. The number of sulfonamides is 1. The highest BCUT2D eigenvalue weighted by Crippen LogP contribution is 2.28. The first-order chi connectivity index (χ1) is 15.6. The SMILES string of the molecule is CCC(NC(=O)CN(c1ccccc1C)S(=O)(=O)c1ccc(Cl)cc1)c1ccc(C)c(C)c1. The number of halogens is 1. The van der Waals surface area contributed by atoms with Crippen molar-refractivity contribution in [2.24, 2.45) is 0 Å². The molecule has 0 aliphatic heterocycles. The lowest BCUT2D eigenvalue weighted by Gasteiger charge is -2.27. The molecule has 0 radical (unpaired) electrons. The van der Waals surface area contributed by atoms with E-state index in [9.17, 15) is 13.2 Å². The van der Waals surface area contributed by atoms with E-state index in [1.165, 1.54) is 29.8 Å². The second-order valence-corrected chi connectivity index (χ2v) is 10.4. The quantitative estimate of drug-likeness (QED) is 0.444. The summed E-state index contributed by atoms with van der Waals surface area (Å²) in [6.45, 7) is 7.55. The van der Waals surface area contributed by atoms with Gasteiger partial charge in [-0.1, -0.05) is 54.9 Å². The molecule has 3 aromatic carbocycles. The Morgan fingerprint density at radius 3 is 2.21 bits per heavy atom. The molecule has 0 spiro atoms. The molecule has 3 rings (SSSR count). The van der Waals surface area contributed by atoms with Crippen LogP contribution in [0.25, 0.3) is 0 Å². The van der Waals surface area contributed by atoms with E-state index in [1.807, 2.05) is 52.0 Å². The fourth-order valence-corrected chi connectivity index (χ4v) is 5.26. The monoisotopic (exact) mass is 484 g/mol. The number of hydrogen-bond acceptors (Lipinski definition) is 3. The Balaban J connectivity index is 1.93. The second kappa shape index (κ2) is 10.4. The third-order valence-corrected chi connectivity index (χ3v) is 7.78. The van der Waals surface area contributed by atoms with Gasteiger partial charge in [-0.15, -0.1) is 0 Å². The summed E-state index contributed by atoms with van der Waals surface area (Å²) >= 11 is 5.95. The lowest BCUT2D eigenvalue weighted by Crippen LogP contribution is -2.42. The molecule has 0 aromatic heterocycles. The molecule has 0 fully saturated rings. The first-order valence-electron chi connectivity index (χ1n) is 10.8. The number of carbonyl (C=O) groups excluding carboxylic acids is 1. The second-order valence-electron chi connectivity index (χ2n) is 8.12. The molecule has 3 aromatic rings. The van der Waals surface area contributed by atoms with Gasteiger partial charge in [0.15, 0.2) is 0 Å². The van der Waals surface area contributed by atoms with Crippen molar-refractivity contribution in [3.05, 3.63) is 94.0 Å². The van der Waals surface area contributed by atoms with Crippen LogP contribution in [-0.2, 0) is 14.8 Å². The summed E-state index contributed by atoms with van der Waals surface area (Å²) in [5.41, 5.74) is 4.54. The number of anilines is 1. The maximum absolute atomic E-state index is 13.5. The van der Waals surface area contributed by atoms with Crippen LogP contribution in [0.4, 0.5) is 5.69 Å². The number of rotatable bonds is 8. The fraction of sp³-hybridized carbons (Fsp3) is 0.269. The smallest absolute Gasteiger partial charge is 0.264 e. The first kappa shape index (κ1) is 24.8. The standard InChI is InChI=1S/C26H29ClN2O3S/c1-5-24(21-11-10-18(2)20(4)16-21)28-26(30)17-29(25-9-7-6-8-19(25)3)33(31,32)23-14-12-22(27)13-15-23/h6-16,24H,5,17H2,1-4H3,(H,28,30). The minimum atomic E-state index is -3.99. The molecule has 1 N–H and O–H groups in total. The summed E-state index contributed by atoms with van der Waals surface area (Å²) in [5.74, 6) is -0.374. The Bertz CT molecular complexity index is 1240. The van der Waals surface area contributed by atoms with Crippen molar-refractivity contribution in [2.75, 3.05) is 10.8 Å². The molecule has 33 heavy (non-hydrogen) atoms. The van der Waals surface area contributed by atoms with E-state index in [-0.39, 0.29) is 23.4 Å². The van der Waals surface area contributed by atoms with Crippen molar-refractivity contribution in [3.63, 3.8) is 0 Å². The largest absolute Gasteiger partial charge is 0.348 e. The van der Waals surface area contributed by atoms with Gasteiger partial charge in [0, 0.05) is 5.02 Å². The Morgan fingerprint density at radius 2 is 1.61 bits per heavy atom. The molecule has 0 aliphatic carbocycles. The number of para-hydroxylation sites is 1. The van der Waals surface area contributed by atoms with Crippen molar-refractivity contribution in [1.82, 2.24) is 5.32 Å². The molecule has 1 unspecified atom stereocenters. The van der Waals surface area contributed by atoms with Crippen molar-refractivity contribution in [3.8, 4) is 0 Å². The average Bonchev–Trinajstić information content (AvgIpc) is 2.78. The number of hydrogen-bond donors (Lipinski definition) is 1. The minimum Gasteiger partial charge on any atom is -0.348 e. The van der Waals surface area contributed by atoms with Gasteiger partial charge in [0.2, 0.25) is 5.91 Å². The number of nitrogens with one attached hydrogen (secondary N) is 1. The molecule has 0 bridgehead atoms. The third kappa shape index (κ3) is 5.75. The van der Waals surface area contributed by atoms with E-state index in [4.69, 9.17) is 11.6 Å². The van der Waals surface area contributed by atoms with Crippen LogP contribution in [0.2, 0.25) is 5.02 Å². The molecular formula is C26H29ClN2O3S. The lowest BCUT2D eigenvalue weighted by atomic mass is 9.99. The number of benzene rings is 3. The van der Waals surface area contributed by atoms with Crippen LogP contribution in [0.3, 0.4) is 0 Å². The van der Waals surface area contributed by atoms with Gasteiger partial charge in [0.1, 0.15) is 6.54 Å². The van der Waals surface area contributed by atoms with Gasteiger partial charge in [-0.2, -0.15) is 0 Å². The summed E-state index contributed by atoms with van der Waals surface area (Å²) in [7, 11) is -3.99. The molecular weight excluding hydrogens is 456 g/mol. The number of carbonyl (C=O) groups is 1. The molecule has 0 heterocycles. The van der Waals surface area contributed by atoms with E-state index in [0.29, 0.717) is 17.1 Å². The molecule has 5 nitrogen and oxygen atoms in total. The van der Waals surface area contributed by atoms with Crippen molar-refractivity contribution in [1.29, 1.82) is 0 Å². The van der Waals surface area contributed by atoms with E-state index >= 15 is 0 Å². The van der Waals surface area contributed by atoms with Gasteiger partial charge < -0.3 is 5.32 Å². The summed E-state index contributed by atoms with van der Waals surface area (Å²) in [6.07, 6.45) is 0.683. The van der Waals surface area contributed by atoms with Gasteiger partial charge in [-0.3, -0.25) is 9.10 Å². The van der Waals surface area contributed by atoms with Crippen molar-refractivity contribution < 1.29 is 13.2 Å². The zero-order valence-corrected chi connectivity index (χ0v) is 20.9. The number of amides is 1. The fourth-order valence-electron chi connectivity index (χ4n) is 3.65. The van der Waals surface area contributed by atoms with Crippen LogP contribution >= 0.6 is 11.6 Å². The Kier molecular flexibility index (Phi) is 7.82. The molecule has 0 saturated heterocycles. The maximum atomic E-state index is 13.5.